The van der Waals surface area contributed by atoms with Gasteiger partial charge in [-0.2, -0.15) is 0 Å². The molecule has 2 aromatic rings. The van der Waals surface area contributed by atoms with E-state index in [9.17, 15) is 4.79 Å². The number of hydrogen-bond donors (Lipinski definition) is 1. The monoisotopic (exact) mass is 439 g/mol. The lowest BCUT2D eigenvalue weighted by molar-refractivity contribution is -0.139. The fourth-order valence-electron chi connectivity index (χ4n) is 1.93. The number of rotatable bonds is 5. The predicted molar refractivity (Wildman–Crippen MR) is 98.1 cm³/mol. The summed E-state index contributed by atoms with van der Waals surface area (Å²) in [6.45, 7) is 3.65. The van der Waals surface area contributed by atoms with E-state index in [4.69, 9.17) is 9.84 Å². The highest BCUT2D eigenvalue weighted by molar-refractivity contribution is 9.11. The topological polar surface area (TPSA) is 58.9 Å². The lowest BCUT2D eigenvalue weighted by atomic mass is 10.1. The summed E-state index contributed by atoms with van der Waals surface area (Å²) in [4.78, 5) is 15.1. The molecule has 0 aliphatic heterocycles. The molecule has 0 aliphatic rings. The van der Waals surface area contributed by atoms with Crippen molar-refractivity contribution >= 4 is 49.7 Å². The zero-order valence-electron chi connectivity index (χ0n) is 12.6. The number of aliphatic carboxylic acids is 1. The van der Waals surface area contributed by atoms with Crippen molar-refractivity contribution in [3.05, 3.63) is 56.0 Å². The molecule has 0 amide bonds. The fraction of sp³-hybridized carbons (Fsp3) is 0.176. The summed E-state index contributed by atoms with van der Waals surface area (Å²) in [6.07, 6.45) is 1.76. The summed E-state index contributed by atoms with van der Waals surface area (Å²) in [5, 5.41) is 8.69. The van der Waals surface area contributed by atoms with E-state index in [0.717, 1.165) is 22.4 Å². The lowest BCUT2D eigenvalue weighted by Gasteiger charge is -2.09. The molecule has 120 valence electrons. The van der Waals surface area contributed by atoms with E-state index in [1.165, 1.54) is 0 Å². The summed E-state index contributed by atoms with van der Waals surface area (Å²) in [5.41, 5.74) is 4.05. The van der Waals surface area contributed by atoms with Gasteiger partial charge in [-0.25, -0.2) is 4.79 Å². The first-order valence-corrected chi connectivity index (χ1v) is 8.40. The molecule has 6 heteroatoms. The molecule has 2 rings (SSSR count). The van der Waals surface area contributed by atoms with Gasteiger partial charge in [-0.1, -0.05) is 12.1 Å². The molecule has 0 radical (unpaired) electrons. The minimum Gasteiger partial charge on any atom is -0.480 e. The van der Waals surface area contributed by atoms with Crippen LogP contribution >= 0.6 is 31.9 Å². The van der Waals surface area contributed by atoms with Crippen LogP contribution in [-0.4, -0.2) is 23.9 Å². The Kier molecular flexibility index (Phi) is 5.96. The molecular weight excluding hydrogens is 426 g/mol. The summed E-state index contributed by atoms with van der Waals surface area (Å²) in [7, 11) is 0. The number of ether oxygens (including phenoxy) is 1. The average molecular weight is 441 g/mol. The van der Waals surface area contributed by atoms with Crippen molar-refractivity contribution in [2.24, 2.45) is 4.99 Å². The molecule has 0 bridgehead atoms. The smallest absolute Gasteiger partial charge is 0.341 e. The Balaban J connectivity index is 2.26. The van der Waals surface area contributed by atoms with Crippen LogP contribution in [0.1, 0.15) is 16.7 Å². The summed E-state index contributed by atoms with van der Waals surface area (Å²) < 4.78 is 6.57. The molecule has 1 N–H and O–H groups in total. The number of halogens is 2. The fourth-order valence-corrected chi connectivity index (χ4v) is 3.38. The van der Waals surface area contributed by atoms with Crippen LogP contribution < -0.4 is 4.74 Å². The highest BCUT2D eigenvalue weighted by atomic mass is 79.9. The zero-order chi connectivity index (χ0) is 17.0. The predicted octanol–water partition coefficient (Wildman–Crippen LogP) is 5.04. The first-order chi connectivity index (χ1) is 10.9. The molecule has 0 saturated heterocycles. The van der Waals surface area contributed by atoms with E-state index < -0.39 is 12.6 Å². The van der Waals surface area contributed by atoms with Crippen LogP contribution in [0, 0.1) is 13.8 Å². The van der Waals surface area contributed by atoms with Crippen molar-refractivity contribution in [1.29, 1.82) is 0 Å². The van der Waals surface area contributed by atoms with Crippen molar-refractivity contribution in [3.8, 4) is 5.75 Å². The van der Waals surface area contributed by atoms with Gasteiger partial charge < -0.3 is 9.84 Å². The van der Waals surface area contributed by atoms with Gasteiger partial charge in [0, 0.05) is 6.21 Å². The number of hydrogen-bond acceptors (Lipinski definition) is 3. The Morgan fingerprint density at radius 2 is 1.87 bits per heavy atom. The Bertz CT molecular complexity index is 749. The molecule has 2 aromatic carbocycles. The number of aryl methyl sites for hydroxylation is 2. The first-order valence-electron chi connectivity index (χ1n) is 6.82. The van der Waals surface area contributed by atoms with Crippen molar-refractivity contribution in [2.45, 2.75) is 13.8 Å². The summed E-state index contributed by atoms with van der Waals surface area (Å²) in [6, 6.07) is 9.78. The minimum absolute atomic E-state index is 0.396. The molecule has 0 aliphatic carbocycles. The number of carbonyl (C=O) groups is 1. The van der Waals surface area contributed by atoms with Gasteiger partial charge in [0.1, 0.15) is 5.75 Å². The van der Waals surface area contributed by atoms with Crippen LogP contribution in [0.25, 0.3) is 0 Å². The van der Waals surface area contributed by atoms with Crippen molar-refractivity contribution in [2.75, 3.05) is 6.61 Å². The van der Waals surface area contributed by atoms with Crippen LogP contribution in [-0.2, 0) is 4.79 Å². The summed E-state index contributed by atoms with van der Waals surface area (Å²) in [5.74, 6) is -0.569. The van der Waals surface area contributed by atoms with E-state index in [1.54, 1.807) is 6.21 Å². The molecule has 0 unspecified atom stereocenters. The molecule has 0 aromatic heterocycles. The van der Waals surface area contributed by atoms with Crippen LogP contribution in [0.4, 0.5) is 5.69 Å². The van der Waals surface area contributed by atoms with E-state index >= 15 is 0 Å². The number of benzene rings is 2. The Morgan fingerprint density at radius 3 is 2.48 bits per heavy atom. The molecule has 0 spiro atoms. The van der Waals surface area contributed by atoms with Crippen LogP contribution in [0.3, 0.4) is 0 Å². The van der Waals surface area contributed by atoms with Gasteiger partial charge in [-0.05, 0) is 80.6 Å². The normalized spacial score (nSPS) is 11.0. The van der Waals surface area contributed by atoms with Crippen molar-refractivity contribution in [3.63, 3.8) is 0 Å². The second kappa shape index (κ2) is 7.75. The maximum atomic E-state index is 10.6. The van der Waals surface area contributed by atoms with Crippen LogP contribution in [0.2, 0.25) is 0 Å². The van der Waals surface area contributed by atoms with E-state index in [-0.39, 0.29) is 0 Å². The quantitative estimate of drug-likeness (QED) is 0.662. The third-order valence-electron chi connectivity index (χ3n) is 3.08. The van der Waals surface area contributed by atoms with Gasteiger partial charge in [0.2, 0.25) is 0 Å². The number of carboxylic acid groups (broad SMARTS) is 1. The van der Waals surface area contributed by atoms with E-state index in [2.05, 4.69) is 42.9 Å². The number of aliphatic imine (C=N–C) groups is 1. The molecule has 0 atom stereocenters. The Morgan fingerprint density at radius 1 is 1.22 bits per heavy atom. The molecule has 0 fully saturated rings. The number of carboxylic acids is 1. The van der Waals surface area contributed by atoms with Gasteiger partial charge >= 0.3 is 5.97 Å². The maximum absolute atomic E-state index is 10.6. The van der Waals surface area contributed by atoms with Crippen LogP contribution in [0.15, 0.2) is 44.3 Å². The summed E-state index contributed by atoms with van der Waals surface area (Å²) >= 11 is 6.78. The molecule has 0 heterocycles. The van der Waals surface area contributed by atoms with Crippen molar-refractivity contribution in [1.82, 2.24) is 0 Å². The van der Waals surface area contributed by atoms with Crippen LogP contribution in [0.5, 0.6) is 5.75 Å². The average Bonchev–Trinajstić information content (AvgIpc) is 2.47. The third kappa shape index (κ3) is 4.91. The molecular formula is C17H15Br2NO3. The van der Waals surface area contributed by atoms with Crippen molar-refractivity contribution < 1.29 is 14.6 Å². The lowest BCUT2D eigenvalue weighted by Crippen LogP contribution is -2.10. The van der Waals surface area contributed by atoms with Gasteiger partial charge in [-0.3, -0.25) is 4.99 Å². The second-order valence-electron chi connectivity index (χ2n) is 5.04. The maximum Gasteiger partial charge on any atom is 0.341 e. The molecule has 0 saturated carbocycles. The SMILES string of the molecule is Cc1ccc(C)c(N=Cc2cc(Br)c(OCC(=O)O)c(Br)c2)c1. The van der Waals surface area contributed by atoms with Gasteiger partial charge in [0.25, 0.3) is 0 Å². The van der Waals surface area contributed by atoms with Gasteiger partial charge in [0.15, 0.2) is 6.61 Å². The standard InChI is InChI=1S/C17H15Br2NO3/c1-10-3-4-11(2)15(5-10)20-8-12-6-13(18)17(14(19)7-12)23-9-16(21)22/h3-8H,9H2,1-2H3,(H,21,22). The molecule has 23 heavy (non-hydrogen) atoms. The molecule has 4 nitrogen and oxygen atoms in total. The van der Waals surface area contributed by atoms with Gasteiger partial charge in [-0.15, -0.1) is 0 Å². The van der Waals surface area contributed by atoms with E-state index in [0.29, 0.717) is 14.7 Å². The second-order valence-corrected chi connectivity index (χ2v) is 6.75. The van der Waals surface area contributed by atoms with E-state index in [1.807, 2.05) is 38.1 Å². The highest BCUT2D eigenvalue weighted by Gasteiger charge is 2.10. The Hall–Kier alpha value is -1.66. The third-order valence-corrected chi connectivity index (χ3v) is 4.26. The first kappa shape index (κ1) is 17.7. The number of nitrogens with zero attached hydrogens (tertiary/aromatic N) is 1. The Labute approximate surface area is 151 Å². The largest absolute Gasteiger partial charge is 0.480 e. The minimum atomic E-state index is -1.02. The highest BCUT2D eigenvalue weighted by Crippen LogP contribution is 2.34. The zero-order valence-corrected chi connectivity index (χ0v) is 15.8. The van der Waals surface area contributed by atoms with Gasteiger partial charge in [0.05, 0.1) is 14.6 Å².